The van der Waals surface area contributed by atoms with Gasteiger partial charge in [0.2, 0.25) is 0 Å². The fourth-order valence-electron chi connectivity index (χ4n) is 3.76. The zero-order valence-corrected chi connectivity index (χ0v) is 21.7. The van der Waals surface area contributed by atoms with Crippen LogP contribution >= 0.6 is 7.75 Å². The first-order valence-electron chi connectivity index (χ1n) is 11.6. The summed E-state index contributed by atoms with van der Waals surface area (Å²) in [5.74, 6) is -1.46. The Hall–Kier alpha value is -2.61. The fourth-order valence-corrected chi connectivity index (χ4v) is 5.26. The van der Waals surface area contributed by atoms with Gasteiger partial charge in [0.1, 0.15) is 24.0 Å². The van der Waals surface area contributed by atoms with Crippen molar-refractivity contribution in [2.24, 2.45) is 0 Å². The van der Waals surface area contributed by atoms with Gasteiger partial charge in [0, 0.05) is 13.0 Å². The van der Waals surface area contributed by atoms with Gasteiger partial charge in [0.25, 0.3) is 5.91 Å². The highest BCUT2D eigenvalue weighted by molar-refractivity contribution is 7.52. The fraction of sp³-hybridized carbons (Fsp3) is 0.591. The van der Waals surface area contributed by atoms with Crippen LogP contribution in [0.3, 0.4) is 0 Å². The number of carbonyl (C=O) groups excluding carboxylic acids is 3. The molecule has 1 unspecified atom stereocenters. The number of aliphatic hydroxyl groups excluding tert-OH is 1. The average molecular weight is 547 g/mol. The van der Waals surface area contributed by atoms with E-state index in [-0.39, 0.29) is 23.8 Å². The van der Waals surface area contributed by atoms with Gasteiger partial charge in [-0.05, 0) is 39.8 Å². The Balaban J connectivity index is 1.76. The molecule has 206 valence electrons. The third-order valence-corrected chi connectivity index (χ3v) is 7.31. The first-order chi connectivity index (χ1) is 17.2. The van der Waals surface area contributed by atoms with E-state index >= 15 is 4.39 Å². The number of nitrogens with one attached hydrogen (secondary N) is 1. The summed E-state index contributed by atoms with van der Waals surface area (Å²) in [6.07, 6.45) is -5.71. The van der Waals surface area contributed by atoms with Crippen molar-refractivity contribution in [3.05, 3.63) is 30.3 Å². The van der Waals surface area contributed by atoms with Crippen LogP contribution < -0.4 is 9.61 Å². The molecule has 2 saturated heterocycles. The van der Waals surface area contributed by atoms with E-state index in [4.69, 9.17) is 18.5 Å². The monoisotopic (exact) mass is 547 g/mol. The third kappa shape index (κ3) is 6.64. The lowest BCUT2D eigenvalue weighted by Gasteiger charge is -2.37. The maximum absolute atomic E-state index is 15.5. The van der Waals surface area contributed by atoms with Crippen LogP contribution in [0, 0.1) is 0 Å². The molecule has 0 aliphatic carbocycles. The largest absolute Gasteiger partial charge is 0.462 e. The van der Waals surface area contributed by atoms with Crippen molar-refractivity contribution in [1.82, 2.24) is 15.1 Å². The highest BCUT2D eigenvalue weighted by Gasteiger charge is 2.58. The van der Waals surface area contributed by atoms with Gasteiger partial charge in [-0.2, -0.15) is 5.09 Å². The van der Waals surface area contributed by atoms with Gasteiger partial charge in [0.15, 0.2) is 11.9 Å². The zero-order valence-electron chi connectivity index (χ0n) is 20.8. The molecule has 2 fully saturated rings. The number of hydroxylamine groups is 2. The maximum atomic E-state index is 15.5. The number of ether oxygens (including phenoxy) is 2. The Bertz CT molecular complexity index is 1040. The number of halogens is 1. The van der Waals surface area contributed by atoms with Gasteiger partial charge in [-0.25, -0.2) is 13.8 Å². The summed E-state index contributed by atoms with van der Waals surface area (Å²) in [7, 11) is -4.34. The first-order valence-corrected chi connectivity index (χ1v) is 13.1. The van der Waals surface area contributed by atoms with Crippen LogP contribution in [0.5, 0.6) is 5.75 Å². The number of hydrogen-bond acceptors (Lipinski definition) is 10. The van der Waals surface area contributed by atoms with Crippen LogP contribution in [0.15, 0.2) is 30.3 Å². The Morgan fingerprint density at radius 1 is 1.30 bits per heavy atom. The Kier molecular flexibility index (Phi) is 8.93. The molecule has 2 heterocycles. The van der Waals surface area contributed by atoms with Crippen LogP contribution in [0.25, 0.3) is 0 Å². The molecule has 0 aromatic heterocycles. The van der Waals surface area contributed by atoms with E-state index < -0.39 is 68.5 Å². The van der Waals surface area contributed by atoms with Crippen LogP contribution in [-0.2, 0) is 28.2 Å². The first kappa shape index (κ1) is 29.0. The van der Waals surface area contributed by atoms with Crippen LogP contribution in [0.1, 0.15) is 34.1 Å². The molecule has 0 spiro atoms. The van der Waals surface area contributed by atoms with E-state index in [2.05, 4.69) is 5.09 Å². The molecule has 1 aromatic carbocycles. The van der Waals surface area contributed by atoms with E-state index in [0.29, 0.717) is 0 Å². The third-order valence-electron chi connectivity index (χ3n) is 5.66. The number of imide groups is 1. The average Bonchev–Trinajstić information content (AvgIpc) is 3.05. The Labute approximate surface area is 212 Å². The van der Waals surface area contributed by atoms with Gasteiger partial charge in [-0.3, -0.25) is 24.2 Å². The molecule has 3 rings (SSSR count). The number of aliphatic hydroxyl groups is 1. The molecular formula is C22H31FN3O10P. The minimum atomic E-state index is -4.34. The maximum Gasteiger partial charge on any atom is 0.459 e. The summed E-state index contributed by atoms with van der Waals surface area (Å²) in [5, 5.41) is 22.5. The SMILES string of the molecule is CC(C)OC(=O)[C@H](C)NP(=O)(OC[C@H]1O[C@@H](N2CCC(=O)N(O)C2=O)[C@](C)(F)[C@@H]1O)Oc1ccccc1. The number of alkyl halides is 1. The van der Waals surface area contributed by atoms with E-state index in [1.54, 1.807) is 32.0 Å². The lowest BCUT2D eigenvalue weighted by molar-refractivity contribution is -0.168. The predicted molar refractivity (Wildman–Crippen MR) is 124 cm³/mol. The number of urea groups is 1. The summed E-state index contributed by atoms with van der Waals surface area (Å²) in [6.45, 7) is 4.72. The summed E-state index contributed by atoms with van der Waals surface area (Å²) in [6, 6.07) is 5.57. The predicted octanol–water partition coefficient (Wildman–Crippen LogP) is 1.98. The quantitative estimate of drug-likeness (QED) is 0.223. The molecule has 0 radical (unpaired) electrons. The highest BCUT2D eigenvalue weighted by atomic mass is 31.2. The molecule has 37 heavy (non-hydrogen) atoms. The number of nitrogens with zero attached hydrogens (tertiary/aromatic N) is 2. The smallest absolute Gasteiger partial charge is 0.459 e. The second-order valence-corrected chi connectivity index (χ2v) is 10.8. The number of esters is 1. The Morgan fingerprint density at radius 2 is 1.95 bits per heavy atom. The van der Waals surface area contributed by atoms with Crippen molar-refractivity contribution < 1.29 is 52.2 Å². The number of para-hydroxylation sites is 1. The molecule has 13 nitrogen and oxygen atoms in total. The molecule has 15 heteroatoms. The number of hydrogen-bond donors (Lipinski definition) is 3. The van der Waals surface area contributed by atoms with E-state index in [0.717, 1.165) is 11.8 Å². The molecule has 0 bridgehead atoms. The van der Waals surface area contributed by atoms with Crippen molar-refractivity contribution in [3.63, 3.8) is 0 Å². The second kappa shape index (κ2) is 11.4. The number of amides is 3. The van der Waals surface area contributed by atoms with E-state index in [1.807, 2.05) is 0 Å². The lowest BCUT2D eigenvalue weighted by atomic mass is 9.97. The van der Waals surface area contributed by atoms with Gasteiger partial charge >= 0.3 is 19.7 Å². The molecule has 3 N–H and O–H groups in total. The van der Waals surface area contributed by atoms with Crippen molar-refractivity contribution in [1.29, 1.82) is 0 Å². The zero-order chi connectivity index (χ0) is 27.5. The normalized spacial score (nSPS) is 28.8. The highest BCUT2D eigenvalue weighted by Crippen LogP contribution is 2.46. The number of carbonyl (C=O) groups is 3. The van der Waals surface area contributed by atoms with E-state index in [9.17, 15) is 29.3 Å². The second-order valence-electron chi connectivity index (χ2n) is 9.09. The van der Waals surface area contributed by atoms with Crippen molar-refractivity contribution in [2.45, 2.75) is 70.4 Å². The minimum Gasteiger partial charge on any atom is -0.462 e. The van der Waals surface area contributed by atoms with Crippen molar-refractivity contribution in [3.8, 4) is 5.75 Å². The van der Waals surface area contributed by atoms with E-state index in [1.165, 1.54) is 19.1 Å². The van der Waals surface area contributed by atoms with Gasteiger partial charge in [-0.15, -0.1) is 5.06 Å². The minimum absolute atomic E-state index is 0.135. The molecule has 3 amide bonds. The molecule has 6 atom stereocenters. The van der Waals surface area contributed by atoms with Crippen molar-refractivity contribution >= 4 is 25.7 Å². The van der Waals surface area contributed by atoms with Gasteiger partial charge < -0.3 is 19.1 Å². The lowest BCUT2D eigenvalue weighted by Crippen LogP contribution is -2.59. The van der Waals surface area contributed by atoms with Crippen molar-refractivity contribution in [2.75, 3.05) is 13.2 Å². The molecule has 2 aliphatic rings. The number of rotatable bonds is 10. The van der Waals surface area contributed by atoms with Crippen LogP contribution in [0.4, 0.5) is 9.18 Å². The molecule has 1 aromatic rings. The Morgan fingerprint density at radius 3 is 2.57 bits per heavy atom. The summed E-state index contributed by atoms with van der Waals surface area (Å²) >= 11 is 0. The van der Waals surface area contributed by atoms with Crippen LogP contribution in [-0.4, -0.2) is 87.6 Å². The van der Waals surface area contributed by atoms with Crippen LogP contribution in [0.2, 0.25) is 0 Å². The standard InChI is InChI=1S/C22H31FN3O10P/c1-13(2)34-19(29)14(3)24-37(32,36-15-8-6-5-7-9-15)33-12-16-18(28)22(4,23)20(35-16)25-11-10-17(27)26(31)21(25)30/h5-9,13-14,16,18,20,28,31H,10-12H2,1-4H3,(H,24,32)/t14-,16+,18+,20+,22+,37?/m0/s1. The molecule has 0 saturated carbocycles. The summed E-state index contributed by atoms with van der Waals surface area (Å²) in [4.78, 5) is 36.9. The topological polar surface area (TPSA) is 164 Å². The molecule has 2 aliphatic heterocycles. The van der Waals surface area contributed by atoms with Gasteiger partial charge in [0.05, 0.1) is 12.7 Å². The van der Waals surface area contributed by atoms with Gasteiger partial charge in [-0.1, -0.05) is 18.2 Å². The summed E-state index contributed by atoms with van der Waals surface area (Å²) < 4.78 is 50.7. The molecular weight excluding hydrogens is 516 g/mol. The number of benzene rings is 1. The summed E-state index contributed by atoms with van der Waals surface area (Å²) in [5.41, 5.74) is -2.54.